The molecular weight excluding hydrogens is 216 g/mol. The second kappa shape index (κ2) is 6.24. The first-order valence-corrected chi connectivity index (χ1v) is 6.22. The van der Waals surface area contributed by atoms with Crippen molar-refractivity contribution in [3.05, 3.63) is 0 Å². The first kappa shape index (κ1) is 11.8. The molecule has 0 radical (unpaired) electrons. The molecule has 0 aromatic carbocycles. The van der Waals surface area contributed by atoms with Crippen molar-refractivity contribution < 1.29 is 5.21 Å². The Morgan fingerprint density at radius 3 is 2.64 bits per heavy atom. The molecule has 80 valence electrons. The molecule has 0 aromatic rings. The highest BCUT2D eigenvalue weighted by atomic mass is 32.2. The van der Waals surface area contributed by atoms with Gasteiger partial charge in [-0.2, -0.15) is 0 Å². The highest BCUT2D eigenvalue weighted by Gasteiger charge is 2.13. The summed E-state index contributed by atoms with van der Waals surface area (Å²) in [5.74, 6) is 0.686. The molecule has 1 aliphatic rings. The molecule has 3 nitrogen and oxygen atoms in total. The van der Waals surface area contributed by atoms with E-state index in [2.05, 4.69) is 10.1 Å². The van der Waals surface area contributed by atoms with Crippen molar-refractivity contribution in [2.24, 2.45) is 5.16 Å². The lowest BCUT2D eigenvalue weighted by Gasteiger charge is -2.28. The molecule has 0 atom stereocenters. The van der Waals surface area contributed by atoms with Crippen LogP contribution in [0, 0.1) is 0 Å². The summed E-state index contributed by atoms with van der Waals surface area (Å²) in [6.07, 6.45) is 3.81. The van der Waals surface area contributed by atoms with E-state index in [-0.39, 0.29) is 0 Å². The molecular formula is C9H16N2OS2. The van der Waals surface area contributed by atoms with Crippen LogP contribution in [0.4, 0.5) is 0 Å². The van der Waals surface area contributed by atoms with Gasteiger partial charge in [-0.25, -0.2) is 0 Å². The molecule has 5 heteroatoms. The van der Waals surface area contributed by atoms with E-state index in [1.54, 1.807) is 18.7 Å². The number of thiocarbonyl (C=S) groups is 1. The maximum atomic E-state index is 8.48. The summed E-state index contributed by atoms with van der Waals surface area (Å²) in [4.78, 5) is 2.24. The van der Waals surface area contributed by atoms with Crippen molar-refractivity contribution in [2.45, 2.75) is 26.2 Å². The molecule has 0 bridgehead atoms. The van der Waals surface area contributed by atoms with Gasteiger partial charge in [-0.05, 0) is 26.2 Å². The van der Waals surface area contributed by atoms with E-state index < -0.39 is 0 Å². The van der Waals surface area contributed by atoms with E-state index in [4.69, 9.17) is 17.4 Å². The molecule has 14 heavy (non-hydrogen) atoms. The molecule has 1 rings (SSSR count). The summed E-state index contributed by atoms with van der Waals surface area (Å²) < 4.78 is 0.938. The van der Waals surface area contributed by atoms with Crippen LogP contribution in [0.5, 0.6) is 0 Å². The number of rotatable bonds is 2. The van der Waals surface area contributed by atoms with Crippen LogP contribution in [0.15, 0.2) is 5.16 Å². The standard InChI is InChI=1S/C9H16N2OS2/c1-8(10-12)7-14-9(13)11-5-3-2-4-6-11/h12H,2-7H2,1H3/b10-8+. The van der Waals surface area contributed by atoms with E-state index in [0.29, 0.717) is 11.5 Å². The fraction of sp³-hybridized carbons (Fsp3) is 0.778. The number of oxime groups is 1. The average molecular weight is 232 g/mol. The molecule has 0 aromatic heterocycles. The number of likely N-dealkylation sites (tertiary alicyclic amines) is 1. The third-order valence-electron chi connectivity index (χ3n) is 2.19. The van der Waals surface area contributed by atoms with E-state index in [1.807, 2.05) is 0 Å². The van der Waals surface area contributed by atoms with Crippen LogP contribution in [-0.2, 0) is 0 Å². The van der Waals surface area contributed by atoms with E-state index in [9.17, 15) is 0 Å². The van der Waals surface area contributed by atoms with Crippen LogP contribution < -0.4 is 0 Å². The zero-order valence-corrected chi connectivity index (χ0v) is 10.0. The van der Waals surface area contributed by atoms with Gasteiger partial charge in [-0.1, -0.05) is 29.1 Å². The van der Waals surface area contributed by atoms with Crippen molar-refractivity contribution in [1.82, 2.24) is 4.90 Å². The Labute approximate surface area is 94.5 Å². The molecule has 0 saturated carbocycles. The average Bonchev–Trinajstić information content (AvgIpc) is 2.26. The largest absolute Gasteiger partial charge is 0.411 e. The number of hydrogen-bond acceptors (Lipinski definition) is 4. The first-order chi connectivity index (χ1) is 6.74. The topological polar surface area (TPSA) is 35.8 Å². The van der Waals surface area contributed by atoms with Gasteiger partial charge in [0, 0.05) is 18.8 Å². The Morgan fingerprint density at radius 2 is 2.07 bits per heavy atom. The minimum absolute atomic E-state index is 0.686. The molecule has 1 saturated heterocycles. The van der Waals surface area contributed by atoms with Crippen LogP contribution in [0.1, 0.15) is 26.2 Å². The van der Waals surface area contributed by atoms with Gasteiger partial charge in [-0.3, -0.25) is 0 Å². The van der Waals surface area contributed by atoms with E-state index in [0.717, 1.165) is 17.4 Å². The smallest absolute Gasteiger partial charge is 0.136 e. The number of thioether (sulfide) groups is 1. The predicted molar refractivity (Wildman–Crippen MR) is 65.4 cm³/mol. The van der Waals surface area contributed by atoms with Crippen LogP contribution in [0.2, 0.25) is 0 Å². The van der Waals surface area contributed by atoms with Crippen molar-refractivity contribution in [1.29, 1.82) is 0 Å². The van der Waals surface area contributed by atoms with Crippen molar-refractivity contribution in [3.63, 3.8) is 0 Å². The normalized spacial score (nSPS) is 18.4. The summed E-state index contributed by atoms with van der Waals surface area (Å²) in [5.41, 5.74) is 0.717. The first-order valence-electron chi connectivity index (χ1n) is 4.83. The molecule has 0 spiro atoms. The lowest BCUT2D eigenvalue weighted by molar-refractivity contribution is 0.318. The molecule has 1 fully saturated rings. The maximum Gasteiger partial charge on any atom is 0.136 e. The molecule has 0 amide bonds. The molecule has 0 unspecified atom stereocenters. The Morgan fingerprint density at radius 1 is 1.43 bits per heavy atom. The fourth-order valence-electron chi connectivity index (χ4n) is 1.36. The lowest BCUT2D eigenvalue weighted by Crippen LogP contribution is -2.33. The lowest BCUT2D eigenvalue weighted by atomic mass is 10.1. The summed E-state index contributed by atoms with van der Waals surface area (Å²) in [6, 6.07) is 0. The van der Waals surface area contributed by atoms with Crippen molar-refractivity contribution in [2.75, 3.05) is 18.8 Å². The highest BCUT2D eigenvalue weighted by Crippen LogP contribution is 2.16. The Hall–Kier alpha value is -0.290. The van der Waals surface area contributed by atoms with Crippen LogP contribution in [-0.4, -0.2) is 39.0 Å². The summed E-state index contributed by atoms with van der Waals surface area (Å²) in [6.45, 7) is 3.97. The number of hydrogen-bond donors (Lipinski definition) is 1. The SMILES string of the molecule is C/C(CSC(=S)N1CCCCC1)=N\O. The van der Waals surface area contributed by atoms with Crippen molar-refractivity contribution >= 4 is 34.0 Å². The third kappa shape index (κ3) is 3.84. The molecule has 1 aliphatic heterocycles. The Kier molecular flexibility index (Phi) is 5.25. The van der Waals surface area contributed by atoms with Gasteiger partial charge in [0.15, 0.2) is 0 Å². The number of nitrogens with zero attached hydrogens (tertiary/aromatic N) is 2. The monoisotopic (exact) mass is 232 g/mol. The van der Waals surface area contributed by atoms with Gasteiger partial charge >= 0.3 is 0 Å². The zero-order chi connectivity index (χ0) is 10.4. The Bertz CT molecular complexity index is 225. The number of piperidine rings is 1. The second-order valence-electron chi connectivity index (χ2n) is 3.44. The van der Waals surface area contributed by atoms with Gasteiger partial charge < -0.3 is 10.1 Å². The van der Waals surface area contributed by atoms with Gasteiger partial charge in [-0.15, -0.1) is 0 Å². The van der Waals surface area contributed by atoms with Gasteiger partial charge in [0.25, 0.3) is 0 Å². The van der Waals surface area contributed by atoms with Crippen LogP contribution in [0.25, 0.3) is 0 Å². The predicted octanol–water partition coefficient (Wildman–Crippen LogP) is 2.34. The van der Waals surface area contributed by atoms with Crippen molar-refractivity contribution in [3.8, 4) is 0 Å². The summed E-state index contributed by atoms with van der Waals surface area (Å²) in [7, 11) is 0. The maximum absolute atomic E-state index is 8.48. The van der Waals surface area contributed by atoms with Gasteiger partial charge in [0.1, 0.15) is 4.32 Å². The third-order valence-corrected chi connectivity index (χ3v) is 3.87. The van der Waals surface area contributed by atoms with E-state index in [1.165, 1.54) is 19.3 Å². The summed E-state index contributed by atoms with van der Waals surface area (Å²) in [5, 5.41) is 11.6. The Balaban J connectivity index is 2.26. The van der Waals surface area contributed by atoms with E-state index >= 15 is 0 Å². The quantitative estimate of drug-likeness (QED) is 0.343. The van der Waals surface area contributed by atoms with Crippen LogP contribution in [0.3, 0.4) is 0 Å². The van der Waals surface area contributed by atoms with Crippen LogP contribution >= 0.6 is 24.0 Å². The van der Waals surface area contributed by atoms with Gasteiger partial charge in [0.2, 0.25) is 0 Å². The van der Waals surface area contributed by atoms with Gasteiger partial charge in [0.05, 0.1) is 5.71 Å². The highest BCUT2D eigenvalue weighted by molar-refractivity contribution is 8.23. The summed E-state index contributed by atoms with van der Waals surface area (Å²) >= 11 is 6.87. The minimum atomic E-state index is 0.686. The molecule has 1 heterocycles. The zero-order valence-electron chi connectivity index (χ0n) is 8.40. The fourth-order valence-corrected chi connectivity index (χ4v) is 2.48. The second-order valence-corrected chi connectivity index (χ2v) is 5.05. The minimum Gasteiger partial charge on any atom is -0.411 e. The molecule has 0 aliphatic carbocycles. The molecule has 1 N–H and O–H groups in total.